The van der Waals surface area contributed by atoms with Crippen LogP contribution in [0, 0.1) is 6.92 Å². The third-order valence-corrected chi connectivity index (χ3v) is 2.55. The average molecular weight is 259 g/mol. The lowest BCUT2D eigenvalue weighted by molar-refractivity contribution is 0.301. The van der Waals surface area contributed by atoms with E-state index in [1.165, 1.54) is 6.33 Å². The highest BCUT2D eigenvalue weighted by Gasteiger charge is 2.06. The first kappa shape index (κ1) is 13.1. The molecule has 0 radical (unpaired) electrons. The second kappa shape index (κ2) is 5.99. The molecule has 6 nitrogen and oxygen atoms in total. The summed E-state index contributed by atoms with van der Waals surface area (Å²) < 4.78 is 5.74. The lowest BCUT2D eigenvalue weighted by atomic mass is 10.2. The highest BCUT2D eigenvalue weighted by atomic mass is 16.5. The van der Waals surface area contributed by atoms with Gasteiger partial charge in [0.15, 0.2) is 0 Å². The van der Waals surface area contributed by atoms with Gasteiger partial charge in [0, 0.05) is 0 Å². The van der Waals surface area contributed by atoms with Crippen molar-refractivity contribution in [2.75, 3.05) is 17.7 Å². The molecule has 0 aliphatic rings. The van der Waals surface area contributed by atoms with Crippen molar-refractivity contribution in [3.63, 3.8) is 0 Å². The van der Waals surface area contributed by atoms with E-state index in [0.29, 0.717) is 12.6 Å². The summed E-state index contributed by atoms with van der Waals surface area (Å²) in [5.74, 6) is 1.53. The molecule has 1 atom stereocenters. The Bertz CT molecular complexity index is 546. The molecule has 1 aromatic heterocycles. The molecule has 0 fully saturated rings. The summed E-state index contributed by atoms with van der Waals surface area (Å²) in [6.07, 6.45) is 1.37. The van der Waals surface area contributed by atoms with E-state index in [-0.39, 0.29) is 12.0 Å². The summed E-state index contributed by atoms with van der Waals surface area (Å²) in [6.45, 7) is 4.51. The average Bonchev–Trinajstić information content (AvgIpc) is 2.38. The maximum Gasteiger partial charge on any atom is 0.227 e. The van der Waals surface area contributed by atoms with Crippen molar-refractivity contribution in [1.29, 1.82) is 0 Å². The number of nitrogens with zero attached hydrogens (tertiary/aromatic N) is 3. The van der Waals surface area contributed by atoms with Gasteiger partial charge in [0.2, 0.25) is 11.9 Å². The van der Waals surface area contributed by atoms with E-state index < -0.39 is 0 Å². The minimum atomic E-state index is 0.0569. The summed E-state index contributed by atoms with van der Waals surface area (Å²) in [7, 11) is 0. The molecule has 0 saturated carbocycles. The number of benzene rings is 1. The summed E-state index contributed by atoms with van der Waals surface area (Å²) in [4.78, 5) is 11.7. The Morgan fingerprint density at radius 1 is 1.32 bits per heavy atom. The van der Waals surface area contributed by atoms with Crippen LogP contribution in [0.25, 0.3) is 0 Å². The Kier molecular flexibility index (Phi) is 4.12. The molecule has 3 N–H and O–H groups in total. The van der Waals surface area contributed by atoms with Crippen LogP contribution >= 0.6 is 0 Å². The molecule has 100 valence electrons. The van der Waals surface area contributed by atoms with Crippen LogP contribution < -0.4 is 15.8 Å². The minimum absolute atomic E-state index is 0.0569. The van der Waals surface area contributed by atoms with Crippen molar-refractivity contribution in [1.82, 2.24) is 15.0 Å². The van der Waals surface area contributed by atoms with Crippen LogP contribution in [0.5, 0.6) is 5.75 Å². The summed E-state index contributed by atoms with van der Waals surface area (Å²) >= 11 is 0. The number of ether oxygens (including phenoxy) is 1. The van der Waals surface area contributed by atoms with Crippen molar-refractivity contribution < 1.29 is 4.74 Å². The number of anilines is 2. The van der Waals surface area contributed by atoms with Crippen LogP contribution in [-0.4, -0.2) is 27.6 Å². The van der Waals surface area contributed by atoms with E-state index in [1.807, 2.05) is 38.1 Å². The van der Waals surface area contributed by atoms with Crippen LogP contribution in [0.2, 0.25) is 0 Å². The highest BCUT2D eigenvalue weighted by Crippen LogP contribution is 2.16. The number of nitrogens with two attached hydrogens (primary N) is 1. The number of aromatic nitrogens is 3. The van der Waals surface area contributed by atoms with Gasteiger partial charge in [-0.25, -0.2) is 9.97 Å². The van der Waals surface area contributed by atoms with Crippen LogP contribution in [0.1, 0.15) is 12.5 Å². The van der Waals surface area contributed by atoms with Crippen molar-refractivity contribution in [2.45, 2.75) is 19.9 Å². The second-order valence-electron chi connectivity index (χ2n) is 4.29. The van der Waals surface area contributed by atoms with Gasteiger partial charge >= 0.3 is 0 Å². The molecular weight excluding hydrogens is 242 g/mol. The Hall–Kier alpha value is -2.37. The number of para-hydroxylation sites is 1. The van der Waals surface area contributed by atoms with Crippen LogP contribution in [0.3, 0.4) is 0 Å². The number of nitrogen functional groups attached to an aromatic ring is 1. The summed E-state index contributed by atoms with van der Waals surface area (Å²) in [5, 5.41) is 3.11. The van der Waals surface area contributed by atoms with E-state index in [2.05, 4.69) is 20.3 Å². The molecule has 2 aromatic rings. The molecule has 1 unspecified atom stereocenters. The first-order chi connectivity index (χ1) is 9.15. The highest BCUT2D eigenvalue weighted by molar-refractivity contribution is 5.32. The van der Waals surface area contributed by atoms with Crippen LogP contribution in [-0.2, 0) is 0 Å². The zero-order chi connectivity index (χ0) is 13.7. The van der Waals surface area contributed by atoms with E-state index in [9.17, 15) is 0 Å². The van der Waals surface area contributed by atoms with Crippen molar-refractivity contribution in [3.05, 3.63) is 36.2 Å². The van der Waals surface area contributed by atoms with Gasteiger partial charge < -0.3 is 15.8 Å². The second-order valence-corrected chi connectivity index (χ2v) is 4.29. The molecule has 1 heterocycles. The number of aryl methyl sites for hydroxylation is 1. The lowest BCUT2D eigenvalue weighted by Gasteiger charge is -2.15. The fourth-order valence-electron chi connectivity index (χ4n) is 1.57. The number of nitrogens with one attached hydrogen (secondary N) is 1. The number of hydrogen-bond donors (Lipinski definition) is 2. The first-order valence-electron chi connectivity index (χ1n) is 6.04. The maximum absolute atomic E-state index is 5.74. The van der Waals surface area contributed by atoms with E-state index in [1.54, 1.807) is 0 Å². The van der Waals surface area contributed by atoms with Crippen molar-refractivity contribution in [2.24, 2.45) is 0 Å². The van der Waals surface area contributed by atoms with Gasteiger partial charge in [-0.3, -0.25) is 0 Å². The fourth-order valence-corrected chi connectivity index (χ4v) is 1.57. The summed E-state index contributed by atoms with van der Waals surface area (Å²) in [5.41, 5.74) is 6.60. The van der Waals surface area contributed by atoms with Gasteiger partial charge in [-0.15, -0.1) is 0 Å². The normalized spacial score (nSPS) is 11.9. The predicted octanol–water partition coefficient (Wildman–Crippen LogP) is 1.64. The van der Waals surface area contributed by atoms with E-state index in [0.717, 1.165) is 11.3 Å². The lowest BCUT2D eigenvalue weighted by Crippen LogP contribution is -2.25. The molecule has 0 amide bonds. The topological polar surface area (TPSA) is 86.0 Å². The van der Waals surface area contributed by atoms with E-state index in [4.69, 9.17) is 10.5 Å². The Morgan fingerprint density at radius 2 is 2.11 bits per heavy atom. The molecular formula is C13H17N5O. The molecule has 2 rings (SSSR count). The standard InChI is InChI=1S/C13H17N5O/c1-9-5-3-4-6-11(9)19-7-10(2)17-13-16-8-15-12(14)18-13/h3-6,8,10H,7H2,1-2H3,(H3,14,15,16,17,18). The number of rotatable bonds is 5. The third kappa shape index (κ3) is 3.80. The van der Waals surface area contributed by atoms with Crippen molar-refractivity contribution >= 4 is 11.9 Å². The molecule has 6 heteroatoms. The Morgan fingerprint density at radius 3 is 2.84 bits per heavy atom. The first-order valence-corrected chi connectivity index (χ1v) is 6.04. The third-order valence-electron chi connectivity index (χ3n) is 2.55. The molecule has 1 aromatic carbocycles. The summed E-state index contributed by atoms with van der Waals surface area (Å²) in [6, 6.07) is 7.95. The SMILES string of the molecule is Cc1ccccc1OCC(C)Nc1ncnc(N)n1. The Labute approximate surface area is 112 Å². The maximum atomic E-state index is 5.74. The van der Waals surface area contributed by atoms with Gasteiger partial charge in [0.05, 0.1) is 6.04 Å². The molecule has 0 spiro atoms. The molecule has 0 bridgehead atoms. The van der Waals surface area contributed by atoms with Crippen LogP contribution in [0.15, 0.2) is 30.6 Å². The van der Waals surface area contributed by atoms with Gasteiger partial charge in [-0.1, -0.05) is 18.2 Å². The van der Waals surface area contributed by atoms with Crippen molar-refractivity contribution in [3.8, 4) is 5.75 Å². The quantitative estimate of drug-likeness (QED) is 0.849. The van der Waals surface area contributed by atoms with Gasteiger partial charge in [0.25, 0.3) is 0 Å². The fraction of sp³-hybridized carbons (Fsp3) is 0.308. The van der Waals surface area contributed by atoms with Gasteiger partial charge in [0.1, 0.15) is 18.7 Å². The van der Waals surface area contributed by atoms with E-state index >= 15 is 0 Å². The minimum Gasteiger partial charge on any atom is -0.491 e. The largest absolute Gasteiger partial charge is 0.491 e. The van der Waals surface area contributed by atoms with Gasteiger partial charge in [-0.2, -0.15) is 4.98 Å². The molecule has 0 saturated heterocycles. The monoisotopic (exact) mass is 259 g/mol. The van der Waals surface area contributed by atoms with Crippen LogP contribution in [0.4, 0.5) is 11.9 Å². The number of hydrogen-bond acceptors (Lipinski definition) is 6. The molecule has 0 aliphatic carbocycles. The van der Waals surface area contributed by atoms with Gasteiger partial charge in [-0.05, 0) is 25.5 Å². The molecule has 19 heavy (non-hydrogen) atoms. The zero-order valence-electron chi connectivity index (χ0n) is 11.0. The zero-order valence-corrected chi connectivity index (χ0v) is 11.0. The Balaban J connectivity index is 1.88. The smallest absolute Gasteiger partial charge is 0.227 e. The predicted molar refractivity (Wildman–Crippen MR) is 74.0 cm³/mol. The molecule has 0 aliphatic heterocycles.